The first-order chi connectivity index (χ1) is 45.2. The molecule has 92 heavy (non-hydrogen) atoms. The van der Waals surface area contributed by atoms with Crippen LogP contribution < -0.4 is 28.5 Å². The van der Waals surface area contributed by atoms with Crippen molar-refractivity contribution < 1.29 is 33.3 Å². The summed E-state index contributed by atoms with van der Waals surface area (Å²) in [5.41, 5.74) is 8.63. The van der Waals surface area contributed by atoms with Crippen LogP contribution in [-0.2, 0) is 20.1 Å². The van der Waals surface area contributed by atoms with E-state index in [4.69, 9.17) is 0 Å². The van der Waals surface area contributed by atoms with Crippen molar-refractivity contribution in [2.45, 2.75) is 19.5 Å². The number of thiazole rings is 1. The van der Waals surface area contributed by atoms with Crippen molar-refractivity contribution in [2.75, 3.05) is 0 Å². The molecule has 0 bridgehead atoms. The number of carbonyl (C=O) groups is 1. The maximum Gasteiger partial charge on any atom is 0.262 e. The Bertz CT molecular complexity index is 8970. The molecule has 0 saturated heterocycles. The molecule has 36 rings (SSSR count). The van der Waals surface area contributed by atoms with E-state index in [0.29, 0.717) is 0 Å². The summed E-state index contributed by atoms with van der Waals surface area (Å²) in [5.74, 6) is 0. The lowest BCUT2D eigenvalue weighted by Gasteiger charge is -2.25. The van der Waals surface area contributed by atoms with Gasteiger partial charge in [-0.05, 0) is 54.5 Å². The molecule has 0 atom stereocenters. The number of hydrogen-bond acceptors (Lipinski definition) is 2. The second-order valence-corrected chi connectivity index (χ2v) is 31.6. The van der Waals surface area contributed by atoms with Gasteiger partial charge in [-0.2, -0.15) is 4.57 Å². The molecule has 3 heterocycles. The molecule has 0 amide bonds. The number of carbonyl (C=O) groups excluding carboxylic acids is 1. The molecule has 0 unspecified atom stereocenters. The van der Waals surface area contributed by atoms with E-state index in [0.717, 1.165) is 42.3 Å². The Hall–Kier alpha value is -10.5. The van der Waals surface area contributed by atoms with Gasteiger partial charge in [-0.3, -0.25) is 4.79 Å². The normalized spacial score (nSPS) is 15.9. The Morgan fingerprint density at radius 3 is 0.913 bits per heavy atom. The number of aldehydes is 1. The topological polar surface area (TPSA) is 30.8 Å². The van der Waals surface area contributed by atoms with Crippen LogP contribution in [-0.4, -0.2) is 15.4 Å². The number of rotatable bonds is 7. The SMILES string of the molecule is C[n+]1c(/C=C/c2ccc3c(c2)c2cc(C=O)ccc2n3CCCn2c3c4c5c6c7c8c9c%10c%11c%12c%13c%10c%10c8c8c%14c%10c%10c%13c%13c%15c%12c%12c%16c%11c%11c9c7c7c9c%11c%16c%11c%16c%12c%15c%12c%15c%13c%10c%10c%14c(c4c86)c4c%10c%15c6c%12c%16c8c%11c9c(c75)c3c8c6c42)sc2ccccc21.[I-]. The zero-order chi connectivity index (χ0) is 55.6. The van der Waals surface area contributed by atoms with E-state index >= 15 is 0 Å². The van der Waals surface area contributed by atoms with Crippen LogP contribution in [0, 0.1) is 0 Å². The zero-order valence-electron chi connectivity index (χ0n) is 47.7. The Morgan fingerprint density at radius 1 is 0.326 bits per heavy atom. The first-order valence-electron chi connectivity index (χ1n) is 33.1. The third kappa shape index (κ3) is 2.68. The van der Waals surface area contributed by atoms with Gasteiger partial charge in [0.05, 0.1) is 11.0 Å². The van der Waals surface area contributed by atoms with Gasteiger partial charge in [-0.25, -0.2) is 0 Å². The van der Waals surface area contributed by atoms with Gasteiger partial charge in [0.15, 0.2) is 0 Å². The molecule has 6 heteroatoms. The first kappa shape index (κ1) is 39.6. The van der Waals surface area contributed by atoms with Gasteiger partial charge in [-0.15, -0.1) is 0 Å². The number of hydrogen-bond donors (Lipinski definition) is 0. The van der Waals surface area contributed by atoms with Crippen LogP contribution in [0.1, 0.15) is 27.3 Å². The van der Waals surface area contributed by atoms with Crippen molar-refractivity contribution in [3.05, 3.63) is 76.8 Å². The van der Waals surface area contributed by atoms with E-state index in [2.05, 4.69) is 87.5 Å². The fraction of sp³-hybridized carbons (Fsp3) is 0.0465. The summed E-state index contributed by atoms with van der Waals surface area (Å²) in [6.07, 6.45) is 6.52. The van der Waals surface area contributed by atoms with E-state index in [1.165, 1.54) is 42.7 Å². The Kier molecular flexibility index (Phi) is 4.42. The van der Waals surface area contributed by atoms with Gasteiger partial charge in [-0.1, -0.05) is 29.5 Å². The highest BCUT2D eigenvalue weighted by atomic mass is 127. The van der Waals surface area contributed by atoms with E-state index in [9.17, 15) is 4.79 Å². The lowest BCUT2D eigenvalue weighted by Crippen LogP contribution is -3.00. The van der Waals surface area contributed by atoms with Crippen LogP contribution in [0.4, 0.5) is 0 Å². The number of benzene rings is 22. The number of para-hydroxylation sites is 1. The van der Waals surface area contributed by atoms with Crippen LogP contribution in [0.25, 0.3) is 368 Å². The monoisotopic (exact) mass is 1270 g/mol. The maximum absolute atomic E-state index is 12.7. The van der Waals surface area contributed by atoms with Crippen LogP contribution in [0.3, 0.4) is 0 Å². The van der Waals surface area contributed by atoms with E-state index < -0.39 is 0 Å². The van der Waals surface area contributed by atoms with Crippen LogP contribution in [0.15, 0.2) is 60.7 Å². The molecular weight excluding hydrogens is 1250 g/mol. The van der Waals surface area contributed by atoms with Crippen molar-refractivity contribution in [3.8, 4) is 0 Å². The van der Waals surface area contributed by atoms with Crippen molar-refractivity contribution in [1.29, 1.82) is 0 Å². The molecule has 36 aromatic rings. The molecule has 0 aliphatic heterocycles. The largest absolute Gasteiger partial charge is 1.00 e. The van der Waals surface area contributed by atoms with Gasteiger partial charge in [0.25, 0.3) is 5.01 Å². The van der Waals surface area contributed by atoms with Gasteiger partial charge in [0.2, 0.25) is 5.52 Å². The van der Waals surface area contributed by atoms with Gasteiger partial charge < -0.3 is 33.1 Å². The fourth-order valence-corrected chi connectivity index (χ4v) is 28.3. The summed E-state index contributed by atoms with van der Waals surface area (Å²) in [6.45, 7) is 1.74. The van der Waals surface area contributed by atoms with Crippen LogP contribution >= 0.6 is 11.3 Å². The summed E-state index contributed by atoms with van der Waals surface area (Å²) in [7, 11) is 2.17. The first-order valence-corrected chi connectivity index (χ1v) is 33.9. The minimum atomic E-state index is 0. The molecule has 0 aliphatic carbocycles. The second kappa shape index (κ2) is 10.3. The average molecular weight is 1270 g/mol. The quantitative estimate of drug-likeness (QED) is 0.0514. The molecule has 0 fully saturated rings. The summed E-state index contributed by atoms with van der Waals surface area (Å²) in [4.78, 5) is 12.7. The number of nitrogens with zero attached hydrogens (tertiary/aromatic N) is 3. The van der Waals surface area contributed by atoms with Gasteiger partial charge in [0, 0.05) is 365 Å². The number of halogens is 1. The number of fused-ring (bicyclic) bond motifs is 9. The Labute approximate surface area is 526 Å². The third-order valence-corrected chi connectivity index (χ3v) is 29.9. The highest BCUT2D eigenvalue weighted by molar-refractivity contribution is 7.19. The van der Waals surface area contributed by atoms with E-state index in [-0.39, 0.29) is 24.0 Å². The summed E-state index contributed by atoms with van der Waals surface area (Å²) in [5, 5.41) is 97.4. The third-order valence-electron chi connectivity index (χ3n) is 28.7. The molecular formula is C86H22IN3OS. The van der Waals surface area contributed by atoms with Gasteiger partial charge in [0.1, 0.15) is 18.0 Å². The molecule has 0 N–H and O–H groups in total. The van der Waals surface area contributed by atoms with Crippen molar-refractivity contribution in [1.82, 2.24) is 9.13 Å². The Balaban J connectivity index is 0.00000441. The summed E-state index contributed by atoms with van der Waals surface area (Å²) in [6, 6.07) is 22.1. The smallest absolute Gasteiger partial charge is 0.262 e. The zero-order valence-corrected chi connectivity index (χ0v) is 50.6. The van der Waals surface area contributed by atoms with Crippen LogP contribution in [0.2, 0.25) is 0 Å². The maximum atomic E-state index is 12.7. The number of aryl methyl sites for hydroxylation is 3. The lowest BCUT2D eigenvalue weighted by atomic mass is 9.84. The minimum Gasteiger partial charge on any atom is -1.00 e. The Morgan fingerprint density at radius 2 is 0.598 bits per heavy atom. The van der Waals surface area contributed by atoms with Gasteiger partial charge >= 0.3 is 0 Å². The number of pyridine rings is 1. The van der Waals surface area contributed by atoms with Crippen molar-refractivity contribution in [2.24, 2.45) is 7.05 Å². The second-order valence-electron chi connectivity index (χ2n) is 30.6. The molecule has 3 aromatic heterocycles. The fourth-order valence-electron chi connectivity index (χ4n) is 27.2. The lowest BCUT2D eigenvalue weighted by molar-refractivity contribution is -0.642. The average Bonchev–Trinajstić information content (AvgIpc) is 1.39. The summed E-state index contributed by atoms with van der Waals surface area (Å²) >= 11 is 1.83. The standard InChI is InChI=1S/C86H22N3OS.HI/c1-87-24-5-2-3-6-25(24)91-26(87)12-9-18-7-10-22-20(15-18)21-16-19(17-90)8-11-23(21)88(22)13-4-14-89-85-81-74-67-55-47-38-29-27-28-30-33(29)42-49(47)57-58-50(42)48-39(30)41-37-32(28)35-34-31(27)36-40(38)53(55)61-59-45(36)43(34)51-52-44(35)46(37)60-62-54(41)56(48)68-70(58)79(78(81)69(57)67)82-75(68)73(62)77-66(60)64(52)71-63(51)65(59)76(72(61)74)83(85)80(71)84(77)86(82)89;/h2-3,5-12,15-17H,4,13-14H2,1H3;1H/q+1;/p-1. The predicted octanol–water partition coefficient (Wildman–Crippen LogP) is 20.3. The highest BCUT2D eigenvalue weighted by Crippen LogP contribution is 2.80. The molecule has 0 spiro atoms. The van der Waals surface area contributed by atoms with E-state index in [1.807, 2.05) is 17.4 Å². The highest BCUT2D eigenvalue weighted by Gasteiger charge is 2.51. The van der Waals surface area contributed by atoms with E-state index in [1.54, 1.807) is 312 Å². The molecule has 33 aromatic carbocycles. The number of aromatic nitrogens is 3. The van der Waals surface area contributed by atoms with Crippen molar-refractivity contribution >= 4 is 385 Å². The molecule has 400 valence electrons. The molecule has 0 saturated carbocycles. The van der Waals surface area contributed by atoms with Crippen LogP contribution in [0.5, 0.6) is 0 Å². The molecule has 4 nitrogen and oxygen atoms in total. The summed E-state index contributed by atoms with van der Waals surface area (Å²) < 4.78 is 9.24. The van der Waals surface area contributed by atoms with Crippen molar-refractivity contribution in [3.63, 3.8) is 0 Å². The predicted molar refractivity (Wildman–Crippen MR) is 389 cm³/mol. The molecule has 0 radical (unpaired) electrons. The minimum absolute atomic E-state index is 0. The molecule has 0 aliphatic rings.